The van der Waals surface area contributed by atoms with E-state index in [1.807, 2.05) is 0 Å². The van der Waals surface area contributed by atoms with Crippen molar-refractivity contribution in [2.75, 3.05) is 12.9 Å². The van der Waals surface area contributed by atoms with E-state index >= 15 is 0 Å². The van der Waals surface area contributed by atoms with E-state index in [-0.39, 0.29) is 12.2 Å². The van der Waals surface area contributed by atoms with E-state index in [4.69, 9.17) is 19.1 Å². The van der Waals surface area contributed by atoms with Crippen LogP contribution in [0, 0.1) is 0 Å². The molecule has 0 bridgehead atoms. The molecule has 10 nitrogen and oxygen atoms in total. The number of rotatable bonds is 9. The van der Waals surface area contributed by atoms with Crippen LogP contribution in [0.5, 0.6) is 5.75 Å². The first-order valence-electron chi connectivity index (χ1n) is 7.06. The second-order valence-electron chi connectivity index (χ2n) is 5.04. The molecule has 1 aromatic carbocycles. The molecule has 2 atom stereocenters. The third-order valence-corrected chi connectivity index (χ3v) is 3.79. The highest BCUT2D eigenvalue weighted by Crippen LogP contribution is 2.15. The summed E-state index contributed by atoms with van der Waals surface area (Å²) in [6.07, 6.45) is -3.02. The third kappa shape index (κ3) is 8.44. The Morgan fingerprint density at radius 1 is 1.24 bits per heavy atom. The van der Waals surface area contributed by atoms with Crippen LogP contribution >= 0.6 is 0 Å². The van der Waals surface area contributed by atoms with Crippen molar-refractivity contribution >= 4 is 22.2 Å². The van der Waals surface area contributed by atoms with E-state index in [9.17, 15) is 23.1 Å². The largest absolute Gasteiger partial charge is 0.465 e. The number of ether oxygens (including phenoxy) is 2. The maximum absolute atomic E-state index is 11.4. The molecule has 0 aliphatic carbocycles. The molecule has 1 amide bonds. The summed E-state index contributed by atoms with van der Waals surface area (Å²) in [5.74, 6) is -1.41. The van der Waals surface area contributed by atoms with Gasteiger partial charge in [0, 0.05) is 7.11 Å². The average molecular weight is 377 g/mol. The lowest BCUT2D eigenvalue weighted by atomic mass is 10.1. The van der Waals surface area contributed by atoms with Gasteiger partial charge in [-0.2, -0.15) is 8.42 Å². The Morgan fingerprint density at radius 2 is 1.84 bits per heavy atom. The first-order valence-corrected chi connectivity index (χ1v) is 8.66. The number of methoxy groups -OCH3 is 1. The lowest BCUT2D eigenvalue weighted by molar-refractivity contribution is -0.133. The Bertz CT molecular complexity index is 687. The Balaban J connectivity index is 2.65. The Hall–Kier alpha value is -2.21. The minimum absolute atomic E-state index is 0.123. The third-order valence-electron chi connectivity index (χ3n) is 3.07. The molecule has 0 saturated carbocycles. The van der Waals surface area contributed by atoms with Gasteiger partial charge in [-0.3, -0.25) is 9.35 Å². The van der Waals surface area contributed by atoms with Crippen molar-refractivity contribution in [3.8, 4) is 5.75 Å². The number of hydrogen-bond acceptors (Lipinski definition) is 7. The summed E-state index contributed by atoms with van der Waals surface area (Å²) in [6, 6.07) is 5.05. The monoisotopic (exact) mass is 377 g/mol. The summed E-state index contributed by atoms with van der Waals surface area (Å²) in [5, 5.41) is 20.5. The van der Waals surface area contributed by atoms with Crippen LogP contribution < -0.4 is 10.1 Å². The number of carbonyl (C=O) groups excluding carboxylic acids is 1. The van der Waals surface area contributed by atoms with Gasteiger partial charge in [0.2, 0.25) is 0 Å². The number of amides is 1. The van der Waals surface area contributed by atoms with Crippen LogP contribution in [0.1, 0.15) is 12.0 Å². The second-order valence-corrected chi connectivity index (χ2v) is 6.61. The van der Waals surface area contributed by atoms with E-state index in [0.29, 0.717) is 5.56 Å². The number of carboxylic acid groups (broad SMARTS) is 1. The minimum atomic E-state index is -4.24. The molecule has 25 heavy (non-hydrogen) atoms. The molecule has 0 aliphatic heterocycles. The van der Waals surface area contributed by atoms with E-state index < -0.39 is 46.7 Å². The number of carbonyl (C=O) groups is 2. The van der Waals surface area contributed by atoms with Crippen molar-refractivity contribution in [3.05, 3.63) is 29.8 Å². The van der Waals surface area contributed by atoms with E-state index in [0.717, 1.165) is 0 Å². The van der Waals surface area contributed by atoms with Gasteiger partial charge in [0.25, 0.3) is 10.1 Å². The maximum Gasteiger partial charge on any atom is 0.405 e. The van der Waals surface area contributed by atoms with Gasteiger partial charge in [-0.25, -0.2) is 4.79 Å². The van der Waals surface area contributed by atoms with Crippen LogP contribution in [0.25, 0.3) is 0 Å². The highest BCUT2D eigenvalue weighted by molar-refractivity contribution is 7.85. The van der Waals surface area contributed by atoms with Gasteiger partial charge < -0.3 is 25.0 Å². The van der Waals surface area contributed by atoms with E-state index in [1.54, 1.807) is 12.1 Å². The SMILES string of the molecule is COC(O)C(Cc1ccc(OC(=O)CCS(=O)(=O)O)cc1)NC(=O)O. The van der Waals surface area contributed by atoms with Crippen LogP contribution in [0.3, 0.4) is 0 Å². The first-order chi connectivity index (χ1) is 11.6. The molecule has 0 heterocycles. The highest BCUT2D eigenvalue weighted by Gasteiger charge is 2.21. The van der Waals surface area contributed by atoms with Gasteiger partial charge >= 0.3 is 12.1 Å². The zero-order valence-electron chi connectivity index (χ0n) is 13.3. The zero-order valence-corrected chi connectivity index (χ0v) is 14.1. The molecule has 0 saturated heterocycles. The van der Waals surface area contributed by atoms with Crippen molar-refractivity contribution < 1.29 is 42.2 Å². The standard InChI is InChI=1S/C14H19NO9S/c1-23-13(17)11(15-14(18)19)8-9-2-4-10(5-3-9)24-12(16)6-7-25(20,21)22/h2-5,11,13,15,17H,6-8H2,1H3,(H,18,19)(H,20,21,22). The second kappa shape index (κ2) is 9.32. The molecule has 4 N–H and O–H groups in total. The number of hydrogen-bond donors (Lipinski definition) is 4. The molecular weight excluding hydrogens is 358 g/mol. The van der Waals surface area contributed by atoms with Gasteiger partial charge in [-0.15, -0.1) is 0 Å². The van der Waals surface area contributed by atoms with E-state index in [2.05, 4.69) is 5.32 Å². The van der Waals surface area contributed by atoms with Crippen LogP contribution in [0.2, 0.25) is 0 Å². The molecule has 1 rings (SSSR count). The fourth-order valence-electron chi connectivity index (χ4n) is 1.89. The average Bonchev–Trinajstić information content (AvgIpc) is 2.52. The van der Waals surface area contributed by atoms with Crippen molar-refractivity contribution in [2.24, 2.45) is 0 Å². The normalized spacial score (nSPS) is 13.7. The predicted octanol–water partition coefficient (Wildman–Crippen LogP) is 0.0134. The fraction of sp³-hybridized carbons (Fsp3) is 0.429. The first kappa shape index (κ1) is 20.8. The predicted molar refractivity (Wildman–Crippen MR) is 84.8 cm³/mol. The summed E-state index contributed by atoms with van der Waals surface area (Å²) >= 11 is 0. The van der Waals surface area contributed by atoms with Crippen LogP contribution in [-0.4, -0.2) is 60.4 Å². The highest BCUT2D eigenvalue weighted by atomic mass is 32.2. The summed E-state index contributed by atoms with van der Waals surface area (Å²) in [6.45, 7) is 0. The Kier molecular flexibility index (Phi) is 7.77. The van der Waals surface area contributed by atoms with Gasteiger partial charge in [-0.05, 0) is 24.1 Å². The number of benzene rings is 1. The number of esters is 1. The van der Waals surface area contributed by atoms with Crippen molar-refractivity contribution in [3.63, 3.8) is 0 Å². The molecule has 0 radical (unpaired) electrons. The van der Waals surface area contributed by atoms with E-state index in [1.165, 1.54) is 19.2 Å². The quantitative estimate of drug-likeness (QED) is 0.201. The molecule has 140 valence electrons. The maximum atomic E-state index is 11.4. The lowest BCUT2D eigenvalue weighted by Crippen LogP contribution is -2.45. The topological polar surface area (TPSA) is 159 Å². The Labute approximate surface area is 144 Å². The van der Waals surface area contributed by atoms with Crippen molar-refractivity contribution in [1.29, 1.82) is 0 Å². The number of nitrogens with one attached hydrogen (secondary N) is 1. The molecule has 1 aromatic rings. The summed E-state index contributed by atoms with van der Waals surface area (Å²) in [7, 11) is -3.01. The van der Waals surface area contributed by atoms with Gasteiger partial charge in [-0.1, -0.05) is 12.1 Å². The molecule has 0 aliphatic rings. The summed E-state index contributed by atoms with van der Waals surface area (Å²) in [5.41, 5.74) is 0.632. The van der Waals surface area contributed by atoms with Crippen LogP contribution in [0.15, 0.2) is 24.3 Å². The van der Waals surface area contributed by atoms with Crippen molar-refractivity contribution in [1.82, 2.24) is 5.32 Å². The summed E-state index contributed by atoms with van der Waals surface area (Å²) in [4.78, 5) is 22.2. The lowest BCUT2D eigenvalue weighted by Gasteiger charge is -2.21. The molecule has 0 spiro atoms. The number of aliphatic hydroxyl groups excluding tert-OH is 1. The zero-order chi connectivity index (χ0) is 19.0. The summed E-state index contributed by atoms with van der Waals surface area (Å²) < 4.78 is 39.3. The molecular formula is C14H19NO9S. The minimum Gasteiger partial charge on any atom is -0.465 e. The smallest absolute Gasteiger partial charge is 0.405 e. The van der Waals surface area contributed by atoms with Gasteiger partial charge in [0.05, 0.1) is 18.2 Å². The van der Waals surface area contributed by atoms with Crippen LogP contribution in [0.4, 0.5) is 4.79 Å². The number of aliphatic hydroxyl groups is 1. The molecule has 11 heteroatoms. The van der Waals surface area contributed by atoms with Gasteiger partial charge in [0.1, 0.15) is 5.75 Å². The fourth-order valence-corrected chi connectivity index (χ4v) is 2.31. The van der Waals surface area contributed by atoms with Crippen molar-refractivity contribution in [2.45, 2.75) is 25.2 Å². The Morgan fingerprint density at radius 3 is 2.32 bits per heavy atom. The van der Waals surface area contributed by atoms with Crippen LogP contribution in [-0.2, 0) is 26.1 Å². The molecule has 0 aromatic heterocycles. The molecule has 2 unspecified atom stereocenters. The molecule has 0 fully saturated rings. The van der Waals surface area contributed by atoms with Gasteiger partial charge in [0.15, 0.2) is 6.29 Å².